The van der Waals surface area contributed by atoms with Gasteiger partial charge in [-0.05, 0) is 17.0 Å². The number of thiophene rings is 1. The Morgan fingerprint density at radius 2 is 1.89 bits per heavy atom. The van der Waals surface area contributed by atoms with E-state index in [1.54, 1.807) is 30.3 Å². The predicted octanol–water partition coefficient (Wildman–Crippen LogP) is 3.31. The summed E-state index contributed by atoms with van der Waals surface area (Å²) >= 11 is 2.67. The van der Waals surface area contributed by atoms with Crippen LogP contribution in [-0.4, -0.2) is 27.9 Å². The van der Waals surface area contributed by atoms with Gasteiger partial charge in [-0.25, -0.2) is 9.78 Å². The van der Waals surface area contributed by atoms with Gasteiger partial charge in [0.05, 0.1) is 17.0 Å². The highest BCUT2D eigenvalue weighted by Gasteiger charge is 2.24. The van der Waals surface area contributed by atoms with Crippen LogP contribution in [0, 0.1) is 0 Å². The maximum Gasteiger partial charge on any atom is 0.330 e. The maximum absolute atomic E-state index is 12.6. The Balaban J connectivity index is 1.82. The first kappa shape index (κ1) is 19.7. The van der Waals surface area contributed by atoms with Crippen LogP contribution >= 0.6 is 22.7 Å². The molecule has 3 N–H and O–H groups in total. The Morgan fingerprint density at radius 3 is 2.50 bits per heavy atom. The van der Waals surface area contributed by atoms with Crippen molar-refractivity contribution in [1.82, 2.24) is 10.3 Å². The largest absolute Gasteiger partial charge is 0.479 e. The summed E-state index contributed by atoms with van der Waals surface area (Å²) in [6.07, 6.45) is -0.0406. The van der Waals surface area contributed by atoms with Crippen LogP contribution < -0.4 is 10.6 Å². The van der Waals surface area contributed by atoms with Crippen molar-refractivity contribution in [3.05, 3.63) is 58.3 Å². The molecule has 1 unspecified atom stereocenters. The van der Waals surface area contributed by atoms with E-state index in [0.29, 0.717) is 21.3 Å². The first-order valence-corrected chi connectivity index (χ1v) is 10.0. The van der Waals surface area contributed by atoms with Crippen molar-refractivity contribution in [1.29, 1.82) is 0 Å². The molecule has 3 rings (SSSR count). The second-order valence-electron chi connectivity index (χ2n) is 5.88. The van der Waals surface area contributed by atoms with Crippen molar-refractivity contribution in [2.75, 3.05) is 5.32 Å². The zero-order valence-electron chi connectivity index (χ0n) is 14.8. The number of carbonyl (C=O) groups is 3. The number of carboxylic acid groups (broad SMARTS) is 1. The molecule has 3 aromatic rings. The highest BCUT2D eigenvalue weighted by atomic mass is 32.1. The normalized spacial score (nSPS) is 11.6. The minimum atomic E-state index is -1.14. The van der Waals surface area contributed by atoms with E-state index in [1.165, 1.54) is 29.6 Å². The van der Waals surface area contributed by atoms with Gasteiger partial charge in [0.1, 0.15) is 0 Å². The van der Waals surface area contributed by atoms with Crippen molar-refractivity contribution in [3.8, 4) is 10.6 Å². The van der Waals surface area contributed by atoms with Gasteiger partial charge in [0, 0.05) is 11.8 Å². The third-order valence-electron chi connectivity index (χ3n) is 3.74. The number of nitrogens with one attached hydrogen (secondary N) is 2. The third kappa shape index (κ3) is 4.81. The van der Waals surface area contributed by atoms with Crippen LogP contribution in [0.5, 0.6) is 0 Å². The molecule has 9 heteroatoms. The van der Waals surface area contributed by atoms with Crippen LogP contribution in [0.2, 0.25) is 0 Å². The number of aromatic nitrogens is 1. The molecule has 1 atom stereocenters. The number of thiazole rings is 1. The molecule has 0 aliphatic heterocycles. The van der Waals surface area contributed by atoms with E-state index in [0.717, 1.165) is 4.88 Å². The number of benzene rings is 1. The lowest BCUT2D eigenvalue weighted by Crippen LogP contribution is -2.34. The second-order valence-corrected chi connectivity index (χ2v) is 7.91. The molecule has 0 saturated heterocycles. The van der Waals surface area contributed by atoms with Crippen LogP contribution in [0.4, 0.5) is 5.13 Å². The Labute approximate surface area is 169 Å². The summed E-state index contributed by atoms with van der Waals surface area (Å²) in [7, 11) is 0. The molecule has 0 saturated carbocycles. The van der Waals surface area contributed by atoms with E-state index < -0.39 is 17.9 Å². The van der Waals surface area contributed by atoms with E-state index in [2.05, 4.69) is 15.6 Å². The lowest BCUT2D eigenvalue weighted by atomic mass is 10.1. The highest BCUT2D eigenvalue weighted by Crippen LogP contribution is 2.34. The van der Waals surface area contributed by atoms with Crippen LogP contribution in [0.25, 0.3) is 10.6 Å². The number of hydrogen-bond donors (Lipinski definition) is 3. The number of aliphatic carboxylic acids is 1. The van der Waals surface area contributed by atoms with Gasteiger partial charge in [-0.3, -0.25) is 9.59 Å². The molecular weight excluding hydrogens is 398 g/mol. The fourth-order valence-electron chi connectivity index (χ4n) is 2.57. The summed E-state index contributed by atoms with van der Waals surface area (Å²) in [4.78, 5) is 41.4. The standard InChI is InChI=1S/C19H17N3O4S2/c1-11(23)20-19-22-17(13-8-5-9-27-13)14(28-19)10-15(24)21-16(18(25)26)12-6-3-2-4-7-12/h2-9,16H,10H2,1H3,(H,21,24)(H,25,26)(H,20,22,23). The van der Waals surface area contributed by atoms with Crippen molar-refractivity contribution in [2.24, 2.45) is 0 Å². The minimum absolute atomic E-state index is 0.0406. The first-order valence-electron chi connectivity index (χ1n) is 8.32. The number of nitrogens with zero attached hydrogens (tertiary/aromatic N) is 1. The van der Waals surface area contributed by atoms with E-state index in [1.807, 2.05) is 17.5 Å². The van der Waals surface area contributed by atoms with Gasteiger partial charge in [0.15, 0.2) is 11.2 Å². The predicted molar refractivity (Wildman–Crippen MR) is 108 cm³/mol. The second kappa shape index (κ2) is 8.77. The monoisotopic (exact) mass is 415 g/mol. The SMILES string of the molecule is CC(=O)Nc1nc(-c2cccs2)c(CC(=O)NC(C(=O)O)c2ccccc2)s1. The van der Waals surface area contributed by atoms with E-state index in [-0.39, 0.29) is 12.3 Å². The summed E-state index contributed by atoms with van der Waals surface area (Å²) in [6.45, 7) is 1.38. The van der Waals surface area contributed by atoms with Gasteiger partial charge < -0.3 is 15.7 Å². The molecule has 1 aromatic carbocycles. The number of carbonyl (C=O) groups excluding carboxylic acids is 2. The zero-order chi connectivity index (χ0) is 20.1. The van der Waals surface area contributed by atoms with E-state index in [9.17, 15) is 19.5 Å². The molecule has 0 fully saturated rings. The zero-order valence-corrected chi connectivity index (χ0v) is 16.5. The highest BCUT2D eigenvalue weighted by molar-refractivity contribution is 7.17. The molecule has 0 aliphatic carbocycles. The smallest absolute Gasteiger partial charge is 0.330 e. The van der Waals surface area contributed by atoms with Crippen molar-refractivity contribution >= 4 is 45.6 Å². The van der Waals surface area contributed by atoms with Crippen LogP contribution in [0.1, 0.15) is 23.4 Å². The molecule has 0 radical (unpaired) electrons. The Kier molecular flexibility index (Phi) is 6.17. The number of anilines is 1. The van der Waals surface area contributed by atoms with Crippen LogP contribution in [0.15, 0.2) is 47.8 Å². The summed E-state index contributed by atoms with van der Waals surface area (Å²) in [5, 5.41) is 17.0. The van der Waals surface area contributed by atoms with Gasteiger partial charge in [0.2, 0.25) is 11.8 Å². The van der Waals surface area contributed by atoms with Gasteiger partial charge in [-0.1, -0.05) is 36.4 Å². The van der Waals surface area contributed by atoms with Gasteiger partial charge in [-0.15, -0.1) is 22.7 Å². The number of carboxylic acids is 1. The summed E-state index contributed by atoms with van der Waals surface area (Å²) in [5.41, 5.74) is 1.11. The van der Waals surface area contributed by atoms with Gasteiger partial charge >= 0.3 is 5.97 Å². The molecule has 2 heterocycles. The quantitative estimate of drug-likeness (QED) is 0.549. The lowest BCUT2D eigenvalue weighted by molar-refractivity contribution is -0.141. The number of amides is 2. The van der Waals surface area contributed by atoms with Crippen molar-refractivity contribution in [2.45, 2.75) is 19.4 Å². The van der Waals surface area contributed by atoms with Crippen molar-refractivity contribution in [3.63, 3.8) is 0 Å². The minimum Gasteiger partial charge on any atom is -0.479 e. The average Bonchev–Trinajstić information content (AvgIpc) is 3.29. The molecule has 0 aliphatic rings. The maximum atomic E-state index is 12.6. The molecule has 2 aromatic heterocycles. The topological polar surface area (TPSA) is 108 Å². The van der Waals surface area contributed by atoms with Crippen LogP contribution in [-0.2, 0) is 20.8 Å². The molecule has 28 heavy (non-hydrogen) atoms. The molecule has 0 bridgehead atoms. The molecular formula is C19H17N3O4S2. The summed E-state index contributed by atoms with van der Waals surface area (Å²) in [6, 6.07) is 11.1. The molecule has 2 amide bonds. The summed E-state index contributed by atoms with van der Waals surface area (Å²) < 4.78 is 0. The van der Waals surface area contributed by atoms with Gasteiger partial charge in [-0.2, -0.15) is 0 Å². The first-order chi connectivity index (χ1) is 13.4. The Hall–Kier alpha value is -3.04. The van der Waals surface area contributed by atoms with Crippen LogP contribution in [0.3, 0.4) is 0 Å². The number of hydrogen-bond acceptors (Lipinski definition) is 6. The molecule has 7 nitrogen and oxygen atoms in total. The summed E-state index contributed by atoms with van der Waals surface area (Å²) in [5.74, 6) is -1.83. The Morgan fingerprint density at radius 1 is 1.14 bits per heavy atom. The van der Waals surface area contributed by atoms with E-state index in [4.69, 9.17) is 0 Å². The van der Waals surface area contributed by atoms with E-state index >= 15 is 0 Å². The number of rotatable bonds is 7. The van der Waals surface area contributed by atoms with Gasteiger partial charge in [0.25, 0.3) is 0 Å². The fourth-order valence-corrected chi connectivity index (χ4v) is 4.40. The third-order valence-corrected chi connectivity index (χ3v) is 5.59. The fraction of sp³-hybridized carbons (Fsp3) is 0.158. The molecule has 144 valence electrons. The molecule has 0 spiro atoms. The average molecular weight is 415 g/mol. The van der Waals surface area contributed by atoms with Crippen molar-refractivity contribution < 1.29 is 19.5 Å². The lowest BCUT2D eigenvalue weighted by Gasteiger charge is -2.14. The Bertz CT molecular complexity index is 984.